The van der Waals surface area contributed by atoms with Crippen molar-refractivity contribution in [3.8, 4) is 0 Å². The second kappa shape index (κ2) is 6.07. The summed E-state index contributed by atoms with van der Waals surface area (Å²) in [5.74, 6) is -0.240. The van der Waals surface area contributed by atoms with Crippen molar-refractivity contribution in [1.82, 2.24) is 4.90 Å². The van der Waals surface area contributed by atoms with Crippen LogP contribution in [-0.2, 0) is 16.0 Å². The monoisotopic (exact) mass is 289 g/mol. The van der Waals surface area contributed by atoms with E-state index < -0.39 is 0 Å². The Labute approximate surface area is 128 Å². The van der Waals surface area contributed by atoms with E-state index in [1.807, 2.05) is 0 Å². The molecule has 3 nitrogen and oxygen atoms in total. The molecule has 116 valence electrons. The molecular formula is C18H27NO2. The molecule has 1 spiro atoms. The van der Waals surface area contributed by atoms with Gasteiger partial charge >= 0.3 is 0 Å². The van der Waals surface area contributed by atoms with Gasteiger partial charge in [-0.25, -0.2) is 0 Å². The summed E-state index contributed by atoms with van der Waals surface area (Å²) in [7, 11) is 2.25. The number of hydrogen-bond donors (Lipinski definition) is 0. The van der Waals surface area contributed by atoms with E-state index in [9.17, 15) is 0 Å². The molecule has 0 radical (unpaired) electrons. The first-order chi connectivity index (χ1) is 10.1. The van der Waals surface area contributed by atoms with Gasteiger partial charge in [0.15, 0.2) is 5.79 Å². The molecule has 2 fully saturated rings. The zero-order valence-corrected chi connectivity index (χ0v) is 13.5. The molecule has 1 heterocycles. The number of benzene rings is 1. The molecule has 3 rings (SSSR count). The topological polar surface area (TPSA) is 21.7 Å². The summed E-state index contributed by atoms with van der Waals surface area (Å²) < 4.78 is 11.7. The molecule has 21 heavy (non-hydrogen) atoms. The summed E-state index contributed by atoms with van der Waals surface area (Å²) in [4.78, 5) is 2.51. The molecule has 0 aromatic heterocycles. The average molecular weight is 289 g/mol. The number of hydrogen-bond acceptors (Lipinski definition) is 3. The molecular weight excluding hydrogens is 262 g/mol. The largest absolute Gasteiger partial charge is 0.348 e. The van der Waals surface area contributed by atoms with Crippen LogP contribution in [0.15, 0.2) is 18.2 Å². The van der Waals surface area contributed by atoms with Gasteiger partial charge in [0.05, 0.1) is 13.2 Å². The maximum absolute atomic E-state index is 5.83. The van der Waals surface area contributed by atoms with Crippen molar-refractivity contribution in [2.75, 3.05) is 20.3 Å². The van der Waals surface area contributed by atoms with Gasteiger partial charge in [0.1, 0.15) is 0 Å². The third kappa shape index (κ3) is 3.15. The molecule has 1 aliphatic carbocycles. The van der Waals surface area contributed by atoms with Crippen molar-refractivity contribution in [2.24, 2.45) is 0 Å². The van der Waals surface area contributed by atoms with E-state index in [4.69, 9.17) is 9.47 Å². The lowest BCUT2D eigenvalue weighted by atomic mass is 9.89. The van der Waals surface area contributed by atoms with Crippen LogP contribution in [0.2, 0.25) is 0 Å². The number of ether oxygens (including phenoxy) is 2. The fourth-order valence-corrected chi connectivity index (χ4v) is 3.75. The first-order valence-electron chi connectivity index (χ1n) is 8.13. The van der Waals surface area contributed by atoms with Gasteiger partial charge in [-0.3, -0.25) is 4.90 Å². The lowest BCUT2D eigenvalue weighted by molar-refractivity contribution is -0.183. The van der Waals surface area contributed by atoms with Gasteiger partial charge in [0.25, 0.3) is 0 Å². The van der Waals surface area contributed by atoms with Gasteiger partial charge in [-0.2, -0.15) is 0 Å². The standard InChI is InChI=1S/C18H27NO2/c1-14-5-4-6-15(2)17(14)13-19(3)16-7-9-18(10-8-16)20-11-12-21-18/h4-6,16H,7-13H2,1-3H3. The lowest BCUT2D eigenvalue weighted by Gasteiger charge is -2.39. The quantitative estimate of drug-likeness (QED) is 0.851. The lowest BCUT2D eigenvalue weighted by Crippen LogP contribution is -2.42. The number of aryl methyl sites for hydroxylation is 2. The molecule has 1 aliphatic heterocycles. The van der Waals surface area contributed by atoms with Crippen LogP contribution < -0.4 is 0 Å². The van der Waals surface area contributed by atoms with E-state index in [2.05, 4.69) is 44.0 Å². The fraction of sp³-hybridized carbons (Fsp3) is 0.667. The Bertz CT molecular complexity index is 464. The molecule has 0 unspecified atom stereocenters. The van der Waals surface area contributed by atoms with Crippen LogP contribution in [0.5, 0.6) is 0 Å². The summed E-state index contributed by atoms with van der Waals surface area (Å²) >= 11 is 0. The van der Waals surface area contributed by atoms with Gasteiger partial charge < -0.3 is 9.47 Å². The minimum Gasteiger partial charge on any atom is -0.348 e. The molecule has 3 heteroatoms. The Morgan fingerprint density at radius 3 is 2.24 bits per heavy atom. The van der Waals surface area contributed by atoms with Crippen LogP contribution in [-0.4, -0.2) is 37.0 Å². The Morgan fingerprint density at radius 2 is 1.67 bits per heavy atom. The Hall–Kier alpha value is -0.900. The van der Waals surface area contributed by atoms with Gasteiger partial charge in [0, 0.05) is 25.4 Å². The highest BCUT2D eigenvalue weighted by molar-refractivity contribution is 5.33. The number of rotatable bonds is 3. The molecule has 1 saturated carbocycles. The molecule has 2 aliphatic rings. The van der Waals surface area contributed by atoms with E-state index in [1.165, 1.54) is 29.5 Å². The van der Waals surface area contributed by atoms with Crippen molar-refractivity contribution in [2.45, 2.75) is 57.9 Å². The fourth-order valence-electron chi connectivity index (χ4n) is 3.75. The third-order valence-corrected chi connectivity index (χ3v) is 5.21. The van der Waals surface area contributed by atoms with Crippen LogP contribution in [0.25, 0.3) is 0 Å². The van der Waals surface area contributed by atoms with E-state index in [1.54, 1.807) is 0 Å². The molecule has 1 aromatic carbocycles. The molecule has 1 saturated heterocycles. The molecule has 0 N–H and O–H groups in total. The Balaban J connectivity index is 1.60. The van der Waals surface area contributed by atoms with Gasteiger partial charge in [-0.1, -0.05) is 18.2 Å². The van der Waals surface area contributed by atoms with Crippen molar-refractivity contribution in [3.63, 3.8) is 0 Å². The summed E-state index contributed by atoms with van der Waals surface area (Å²) in [6.07, 6.45) is 4.41. The van der Waals surface area contributed by atoms with Crippen molar-refractivity contribution in [1.29, 1.82) is 0 Å². The van der Waals surface area contributed by atoms with Crippen LogP contribution in [0.4, 0.5) is 0 Å². The third-order valence-electron chi connectivity index (χ3n) is 5.21. The normalized spacial score (nSPS) is 22.3. The zero-order chi connectivity index (χ0) is 14.9. The van der Waals surface area contributed by atoms with Crippen LogP contribution in [0.3, 0.4) is 0 Å². The second-order valence-corrected chi connectivity index (χ2v) is 6.62. The van der Waals surface area contributed by atoms with Gasteiger partial charge in [0.2, 0.25) is 0 Å². The van der Waals surface area contributed by atoms with Crippen LogP contribution in [0.1, 0.15) is 42.4 Å². The van der Waals surface area contributed by atoms with Crippen LogP contribution in [0, 0.1) is 13.8 Å². The second-order valence-electron chi connectivity index (χ2n) is 6.62. The molecule has 0 atom stereocenters. The Morgan fingerprint density at radius 1 is 1.10 bits per heavy atom. The molecule has 1 aromatic rings. The van der Waals surface area contributed by atoms with Crippen molar-refractivity contribution >= 4 is 0 Å². The van der Waals surface area contributed by atoms with E-state index in [0.29, 0.717) is 6.04 Å². The van der Waals surface area contributed by atoms with E-state index in [0.717, 1.165) is 32.6 Å². The van der Waals surface area contributed by atoms with Crippen molar-refractivity contribution < 1.29 is 9.47 Å². The minimum absolute atomic E-state index is 0.240. The predicted molar refractivity (Wildman–Crippen MR) is 84.3 cm³/mol. The van der Waals surface area contributed by atoms with E-state index in [-0.39, 0.29) is 5.79 Å². The van der Waals surface area contributed by atoms with Crippen molar-refractivity contribution in [3.05, 3.63) is 34.9 Å². The summed E-state index contributed by atoms with van der Waals surface area (Å²) in [6.45, 7) is 7.00. The SMILES string of the molecule is Cc1cccc(C)c1CN(C)C1CCC2(CC1)OCCO2. The van der Waals surface area contributed by atoms with Crippen LogP contribution >= 0.6 is 0 Å². The average Bonchev–Trinajstić information content (AvgIpc) is 2.92. The predicted octanol–water partition coefficient (Wildman–Crippen LogP) is 3.42. The van der Waals surface area contributed by atoms with Gasteiger partial charge in [-0.15, -0.1) is 0 Å². The highest BCUT2D eigenvalue weighted by Gasteiger charge is 2.41. The smallest absolute Gasteiger partial charge is 0.168 e. The summed E-state index contributed by atoms with van der Waals surface area (Å²) in [5.41, 5.74) is 4.28. The highest BCUT2D eigenvalue weighted by atomic mass is 16.7. The first kappa shape index (κ1) is 15.0. The van der Waals surface area contributed by atoms with E-state index >= 15 is 0 Å². The zero-order valence-electron chi connectivity index (χ0n) is 13.5. The summed E-state index contributed by atoms with van der Waals surface area (Å²) in [6, 6.07) is 7.22. The molecule has 0 bridgehead atoms. The maximum Gasteiger partial charge on any atom is 0.168 e. The first-order valence-corrected chi connectivity index (χ1v) is 8.13. The minimum atomic E-state index is -0.240. The Kier molecular flexibility index (Phi) is 4.34. The highest BCUT2D eigenvalue weighted by Crippen LogP contribution is 2.37. The maximum atomic E-state index is 5.83. The van der Waals surface area contributed by atoms with Gasteiger partial charge in [-0.05, 0) is 50.4 Å². The number of nitrogens with zero attached hydrogens (tertiary/aromatic N) is 1. The molecule has 0 amide bonds. The summed E-state index contributed by atoms with van der Waals surface area (Å²) in [5, 5.41) is 0.